The summed E-state index contributed by atoms with van der Waals surface area (Å²) in [6.45, 7) is 4.74. The van der Waals surface area contributed by atoms with Gasteiger partial charge in [0.15, 0.2) is 0 Å². The smallest absolute Gasteiger partial charge is 0.346 e. The molecule has 0 spiro atoms. The van der Waals surface area contributed by atoms with E-state index in [-0.39, 0.29) is 11.9 Å². The summed E-state index contributed by atoms with van der Waals surface area (Å²) in [4.78, 5) is 29.6. The molecule has 1 aliphatic heterocycles. The first-order chi connectivity index (χ1) is 10.5. The number of aromatic nitrogens is 2. The third-order valence-electron chi connectivity index (χ3n) is 4.03. The molecule has 3 heterocycles. The van der Waals surface area contributed by atoms with Gasteiger partial charge in [0.05, 0.1) is 4.92 Å². The summed E-state index contributed by atoms with van der Waals surface area (Å²) in [7, 11) is 0. The Morgan fingerprint density at radius 2 is 2.18 bits per heavy atom. The molecule has 7 nitrogen and oxygen atoms in total. The number of rotatable bonds is 2. The lowest BCUT2D eigenvalue weighted by Gasteiger charge is -2.37. The molecule has 2 aromatic rings. The van der Waals surface area contributed by atoms with E-state index in [4.69, 9.17) is 0 Å². The zero-order valence-corrected chi connectivity index (χ0v) is 13.1. The Hall–Kier alpha value is -2.09. The van der Waals surface area contributed by atoms with Gasteiger partial charge in [-0.3, -0.25) is 19.3 Å². The molecule has 0 aliphatic carbocycles. The van der Waals surface area contributed by atoms with Crippen LogP contribution >= 0.6 is 11.8 Å². The monoisotopic (exact) mass is 320 g/mol. The van der Waals surface area contributed by atoms with E-state index in [1.165, 1.54) is 10.6 Å². The van der Waals surface area contributed by atoms with Gasteiger partial charge in [0, 0.05) is 29.8 Å². The Balaban J connectivity index is 2.26. The third kappa shape index (κ3) is 2.33. The van der Waals surface area contributed by atoms with E-state index in [0.717, 1.165) is 5.75 Å². The van der Waals surface area contributed by atoms with Crippen molar-refractivity contribution in [3.63, 3.8) is 0 Å². The average molecular weight is 320 g/mol. The van der Waals surface area contributed by atoms with Gasteiger partial charge in [-0.2, -0.15) is 11.8 Å². The number of nitrogens with zero attached hydrogens (tertiary/aromatic N) is 4. The molecule has 0 aromatic carbocycles. The van der Waals surface area contributed by atoms with Gasteiger partial charge in [-0.05, 0) is 19.1 Å². The summed E-state index contributed by atoms with van der Waals surface area (Å²) in [6.07, 6.45) is 1.50. The number of pyridine rings is 1. The van der Waals surface area contributed by atoms with Gasteiger partial charge in [-0.1, -0.05) is 13.0 Å². The number of hydrogen-bond acceptors (Lipinski definition) is 6. The molecule has 1 aliphatic rings. The predicted molar refractivity (Wildman–Crippen MR) is 86.8 cm³/mol. The minimum atomic E-state index is -0.635. The fourth-order valence-electron chi connectivity index (χ4n) is 2.66. The second kappa shape index (κ2) is 5.60. The van der Waals surface area contributed by atoms with Crippen LogP contribution in [0.1, 0.15) is 13.8 Å². The van der Waals surface area contributed by atoms with Crippen molar-refractivity contribution < 1.29 is 4.92 Å². The van der Waals surface area contributed by atoms with Gasteiger partial charge in [-0.25, -0.2) is 4.98 Å². The van der Waals surface area contributed by atoms with Crippen molar-refractivity contribution in [3.05, 3.63) is 44.9 Å². The highest BCUT2D eigenvalue weighted by Crippen LogP contribution is 2.31. The van der Waals surface area contributed by atoms with Crippen LogP contribution in [-0.4, -0.2) is 37.9 Å². The van der Waals surface area contributed by atoms with Gasteiger partial charge in [0.25, 0.3) is 0 Å². The lowest BCUT2D eigenvalue weighted by Crippen LogP contribution is -2.46. The van der Waals surface area contributed by atoms with Crippen molar-refractivity contribution in [1.82, 2.24) is 9.38 Å². The zero-order valence-electron chi connectivity index (χ0n) is 12.3. The van der Waals surface area contributed by atoms with E-state index in [2.05, 4.69) is 11.9 Å². The van der Waals surface area contributed by atoms with E-state index in [0.29, 0.717) is 17.4 Å². The normalized spacial score (nSPS) is 22.0. The maximum absolute atomic E-state index is 12.5. The molecule has 0 saturated carbocycles. The van der Waals surface area contributed by atoms with Crippen molar-refractivity contribution in [2.75, 3.05) is 17.2 Å². The molecule has 3 rings (SSSR count). The molecular weight excluding hydrogens is 304 g/mol. The van der Waals surface area contributed by atoms with Crippen molar-refractivity contribution in [1.29, 1.82) is 0 Å². The Morgan fingerprint density at radius 3 is 2.91 bits per heavy atom. The highest BCUT2D eigenvalue weighted by Gasteiger charge is 2.33. The van der Waals surface area contributed by atoms with Crippen molar-refractivity contribution >= 4 is 28.9 Å². The van der Waals surface area contributed by atoms with Gasteiger partial charge in [0.2, 0.25) is 5.82 Å². The van der Waals surface area contributed by atoms with Gasteiger partial charge < -0.3 is 4.90 Å². The summed E-state index contributed by atoms with van der Waals surface area (Å²) in [5.41, 5.74) is -0.662. The van der Waals surface area contributed by atoms with Gasteiger partial charge >= 0.3 is 11.2 Å². The highest BCUT2D eigenvalue weighted by atomic mass is 32.2. The van der Waals surface area contributed by atoms with Crippen LogP contribution in [0.5, 0.6) is 0 Å². The van der Waals surface area contributed by atoms with E-state index in [9.17, 15) is 14.9 Å². The number of nitro groups is 1. The number of thioether (sulfide) groups is 1. The Morgan fingerprint density at radius 1 is 1.41 bits per heavy atom. The summed E-state index contributed by atoms with van der Waals surface area (Å²) in [6, 6.07) is 5.18. The lowest BCUT2D eigenvalue weighted by atomic mass is 10.2. The fraction of sp³-hybridized carbons (Fsp3) is 0.429. The molecule has 1 fully saturated rings. The van der Waals surface area contributed by atoms with Gasteiger partial charge in [-0.15, -0.1) is 0 Å². The van der Waals surface area contributed by atoms with Crippen LogP contribution in [0, 0.1) is 10.1 Å². The fourth-order valence-corrected chi connectivity index (χ4v) is 3.76. The van der Waals surface area contributed by atoms with E-state index < -0.39 is 16.2 Å². The van der Waals surface area contributed by atoms with Crippen LogP contribution in [0.3, 0.4) is 0 Å². The molecule has 8 heteroatoms. The predicted octanol–water partition coefficient (Wildman–Crippen LogP) is 1.93. The van der Waals surface area contributed by atoms with Crippen LogP contribution < -0.4 is 10.5 Å². The molecule has 0 N–H and O–H groups in total. The first-order valence-electron chi connectivity index (χ1n) is 7.04. The SMILES string of the molecule is CC1SCCN(c2nc3ccccn3c(=O)c2[N+](=O)[O-])C1C. The minimum absolute atomic E-state index is 0.0792. The molecule has 22 heavy (non-hydrogen) atoms. The summed E-state index contributed by atoms with van der Waals surface area (Å²) >= 11 is 1.82. The van der Waals surface area contributed by atoms with E-state index in [1.54, 1.807) is 18.2 Å². The molecule has 2 aromatic heterocycles. The highest BCUT2D eigenvalue weighted by molar-refractivity contribution is 8.00. The average Bonchev–Trinajstić information content (AvgIpc) is 2.49. The Labute approximate surface area is 131 Å². The van der Waals surface area contributed by atoms with Crippen molar-refractivity contribution in [2.45, 2.75) is 25.1 Å². The summed E-state index contributed by atoms with van der Waals surface area (Å²) < 4.78 is 1.22. The largest absolute Gasteiger partial charge is 0.376 e. The number of hydrogen-bond donors (Lipinski definition) is 0. The standard InChI is InChI=1S/C14H16N4O3S/c1-9-10(2)22-8-7-16(9)13-12(18(20)21)14(19)17-6-4-3-5-11(17)15-13/h3-6,9-10H,7-8H2,1-2H3. The van der Waals surface area contributed by atoms with E-state index >= 15 is 0 Å². The van der Waals surface area contributed by atoms with Crippen LogP contribution in [-0.2, 0) is 0 Å². The van der Waals surface area contributed by atoms with Crippen LogP contribution in [0.4, 0.5) is 11.5 Å². The van der Waals surface area contributed by atoms with Crippen LogP contribution in [0.15, 0.2) is 29.2 Å². The molecule has 0 radical (unpaired) electrons. The summed E-state index contributed by atoms with van der Waals surface area (Å²) in [5.74, 6) is 1.04. The van der Waals surface area contributed by atoms with Crippen LogP contribution in [0.25, 0.3) is 5.65 Å². The quantitative estimate of drug-likeness (QED) is 0.621. The first-order valence-corrected chi connectivity index (χ1v) is 8.09. The van der Waals surface area contributed by atoms with Gasteiger partial charge in [0.1, 0.15) is 5.65 Å². The Kier molecular flexibility index (Phi) is 3.78. The molecule has 1 saturated heterocycles. The van der Waals surface area contributed by atoms with Crippen molar-refractivity contribution in [3.8, 4) is 0 Å². The summed E-state index contributed by atoms with van der Waals surface area (Å²) in [5, 5.41) is 11.8. The minimum Gasteiger partial charge on any atom is -0.346 e. The molecule has 0 amide bonds. The molecule has 2 atom stereocenters. The van der Waals surface area contributed by atoms with Crippen LogP contribution in [0.2, 0.25) is 0 Å². The number of fused-ring (bicyclic) bond motifs is 1. The topological polar surface area (TPSA) is 80.8 Å². The second-order valence-electron chi connectivity index (χ2n) is 5.29. The Bertz CT molecular complexity index is 791. The second-order valence-corrected chi connectivity index (χ2v) is 6.77. The first kappa shape index (κ1) is 14.8. The zero-order chi connectivity index (χ0) is 15.9. The maximum atomic E-state index is 12.5. The van der Waals surface area contributed by atoms with Crippen molar-refractivity contribution in [2.24, 2.45) is 0 Å². The maximum Gasteiger partial charge on any atom is 0.376 e. The molecule has 0 bridgehead atoms. The number of anilines is 1. The molecular formula is C14H16N4O3S. The third-order valence-corrected chi connectivity index (χ3v) is 5.37. The molecule has 2 unspecified atom stereocenters. The van der Waals surface area contributed by atoms with E-state index in [1.807, 2.05) is 23.6 Å². The molecule has 116 valence electrons. The lowest BCUT2D eigenvalue weighted by molar-refractivity contribution is -0.385.